The minimum absolute atomic E-state index is 0.515. The molecule has 0 fully saturated rings. The van der Waals surface area contributed by atoms with Gasteiger partial charge in [0.25, 0.3) is 0 Å². The zero-order chi connectivity index (χ0) is 26.1. The Kier molecular flexibility index (Phi) is 12.6. The maximum atomic E-state index is 5.63. The number of rotatable bonds is 18. The number of ether oxygens (including phenoxy) is 2. The first-order chi connectivity index (χ1) is 18.1. The van der Waals surface area contributed by atoms with Crippen molar-refractivity contribution >= 4 is 17.8 Å². The van der Waals surface area contributed by atoms with Gasteiger partial charge in [-0.2, -0.15) is 15.0 Å². The molecular formula is C28H41N7O2. The Balaban J connectivity index is 1.74. The molecule has 0 radical (unpaired) electrons. The van der Waals surface area contributed by atoms with Crippen molar-refractivity contribution in [2.45, 2.75) is 33.4 Å². The summed E-state index contributed by atoms with van der Waals surface area (Å²) in [6, 6.07) is 20.7. The standard InChI is InChI=1S/C28H41N7O2/c1-23(2)13-15-30-26-32-27(31-16-18-37-20-19-36-17-14-29)34-28(33-26)35(21-24-9-5-3-6-10-24)22-25-11-7-4-8-12-25/h3-12,23H,13-22,29H2,1-2H3,(H2,30,31,32,33,34). The van der Waals surface area contributed by atoms with Gasteiger partial charge in [-0.25, -0.2) is 0 Å². The van der Waals surface area contributed by atoms with Gasteiger partial charge >= 0.3 is 0 Å². The number of hydrogen-bond acceptors (Lipinski definition) is 9. The zero-order valence-corrected chi connectivity index (χ0v) is 22.1. The largest absolute Gasteiger partial charge is 0.378 e. The highest BCUT2D eigenvalue weighted by atomic mass is 16.5. The lowest BCUT2D eigenvalue weighted by molar-refractivity contribution is 0.0547. The van der Waals surface area contributed by atoms with E-state index in [1.807, 2.05) is 12.1 Å². The fourth-order valence-corrected chi connectivity index (χ4v) is 3.58. The Morgan fingerprint density at radius 3 is 1.81 bits per heavy atom. The van der Waals surface area contributed by atoms with Crippen molar-refractivity contribution in [3.05, 3.63) is 71.8 Å². The highest BCUT2D eigenvalue weighted by molar-refractivity contribution is 5.45. The third kappa shape index (κ3) is 11.1. The molecule has 0 aliphatic heterocycles. The van der Waals surface area contributed by atoms with Gasteiger partial charge in [-0.3, -0.25) is 0 Å². The Morgan fingerprint density at radius 2 is 1.27 bits per heavy atom. The summed E-state index contributed by atoms with van der Waals surface area (Å²) in [5.41, 5.74) is 7.80. The van der Waals surface area contributed by atoms with Gasteiger partial charge in [-0.1, -0.05) is 74.5 Å². The summed E-state index contributed by atoms with van der Waals surface area (Å²) < 4.78 is 11.0. The molecule has 1 heterocycles. The van der Waals surface area contributed by atoms with E-state index in [-0.39, 0.29) is 0 Å². The molecule has 0 bridgehead atoms. The van der Waals surface area contributed by atoms with E-state index in [9.17, 15) is 0 Å². The molecule has 37 heavy (non-hydrogen) atoms. The lowest BCUT2D eigenvalue weighted by Gasteiger charge is -2.24. The van der Waals surface area contributed by atoms with E-state index in [0.29, 0.717) is 76.4 Å². The Bertz CT molecular complexity index is 964. The maximum Gasteiger partial charge on any atom is 0.232 e. The van der Waals surface area contributed by atoms with Crippen LogP contribution < -0.4 is 21.3 Å². The number of aromatic nitrogens is 3. The summed E-state index contributed by atoms with van der Waals surface area (Å²) in [6.07, 6.45) is 1.03. The van der Waals surface area contributed by atoms with Crippen LogP contribution >= 0.6 is 0 Å². The van der Waals surface area contributed by atoms with Crippen LogP contribution in [-0.2, 0) is 22.6 Å². The summed E-state index contributed by atoms with van der Waals surface area (Å²) in [6.45, 7) is 9.76. The fraction of sp³-hybridized carbons (Fsp3) is 0.464. The molecule has 0 aliphatic carbocycles. The Hall–Kier alpha value is -3.27. The first kappa shape index (κ1) is 28.3. The molecule has 0 spiro atoms. The Labute approximate surface area is 220 Å². The van der Waals surface area contributed by atoms with Crippen LogP contribution in [0.25, 0.3) is 0 Å². The molecule has 2 aromatic carbocycles. The van der Waals surface area contributed by atoms with E-state index >= 15 is 0 Å². The van der Waals surface area contributed by atoms with Gasteiger partial charge in [-0.05, 0) is 23.5 Å². The highest BCUT2D eigenvalue weighted by Gasteiger charge is 2.15. The monoisotopic (exact) mass is 507 g/mol. The fourth-order valence-electron chi connectivity index (χ4n) is 3.58. The lowest BCUT2D eigenvalue weighted by atomic mass is 10.1. The molecule has 0 aliphatic rings. The van der Waals surface area contributed by atoms with Crippen molar-refractivity contribution in [3.8, 4) is 0 Å². The number of hydrogen-bond donors (Lipinski definition) is 3. The molecule has 0 unspecified atom stereocenters. The van der Waals surface area contributed by atoms with Crippen molar-refractivity contribution in [1.82, 2.24) is 15.0 Å². The maximum absolute atomic E-state index is 5.63. The Morgan fingerprint density at radius 1 is 0.730 bits per heavy atom. The van der Waals surface area contributed by atoms with Crippen molar-refractivity contribution in [3.63, 3.8) is 0 Å². The first-order valence-corrected chi connectivity index (χ1v) is 13.1. The summed E-state index contributed by atoms with van der Waals surface area (Å²) in [7, 11) is 0. The minimum Gasteiger partial charge on any atom is -0.378 e. The van der Waals surface area contributed by atoms with E-state index in [1.54, 1.807) is 0 Å². The molecule has 0 saturated carbocycles. The number of anilines is 3. The van der Waals surface area contributed by atoms with Crippen LogP contribution in [0.15, 0.2) is 60.7 Å². The SMILES string of the molecule is CC(C)CCNc1nc(NCCOCCOCCN)nc(N(Cc2ccccc2)Cc2ccccc2)n1. The second-order valence-electron chi connectivity index (χ2n) is 9.16. The summed E-state index contributed by atoms with van der Waals surface area (Å²) in [5.74, 6) is 2.29. The van der Waals surface area contributed by atoms with Crippen LogP contribution in [0.5, 0.6) is 0 Å². The lowest BCUT2D eigenvalue weighted by Crippen LogP contribution is -2.26. The van der Waals surface area contributed by atoms with Gasteiger partial charge in [0.15, 0.2) is 0 Å². The second kappa shape index (κ2) is 16.5. The van der Waals surface area contributed by atoms with Gasteiger partial charge in [0, 0.05) is 32.7 Å². The summed E-state index contributed by atoms with van der Waals surface area (Å²) in [5, 5.41) is 6.68. The van der Waals surface area contributed by atoms with Crippen LogP contribution in [0, 0.1) is 5.92 Å². The molecule has 0 atom stereocenters. The summed E-state index contributed by atoms with van der Waals surface area (Å²) >= 11 is 0. The molecule has 0 saturated heterocycles. The molecule has 1 aromatic heterocycles. The number of benzene rings is 2. The molecule has 0 amide bonds. The summed E-state index contributed by atoms with van der Waals surface area (Å²) in [4.78, 5) is 16.4. The van der Waals surface area contributed by atoms with Crippen LogP contribution in [0.4, 0.5) is 17.8 Å². The van der Waals surface area contributed by atoms with E-state index in [2.05, 4.69) is 82.9 Å². The third-order valence-electron chi connectivity index (χ3n) is 5.51. The number of nitrogens with two attached hydrogens (primary N) is 1. The molecule has 3 rings (SSSR count). The van der Waals surface area contributed by atoms with E-state index in [0.717, 1.165) is 13.0 Å². The zero-order valence-electron chi connectivity index (χ0n) is 22.1. The first-order valence-electron chi connectivity index (χ1n) is 13.1. The van der Waals surface area contributed by atoms with Crippen LogP contribution in [0.2, 0.25) is 0 Å². The van der Waals surface area contributed by atoms with E-state index in [4.69, 9.17) is 25.2 Å². The minimum atomic E-state index is 0.515. The second-order valence-corrected chi connectivity index (χ2v) is 9.16. The van der Waals surface area contributed by atoms with Gasteiger partial charge in [0.2, 0.25) is 17.8 Å². The third-order valence-corrected chi connectivity index (χ3v) is 5.51. The highest BCUT2D eigenvalue weighted by Crippen LogP contribution is 2.20. The average molecular weight is 508 g/mol. The van der Waals surface area contributed by atoms with Crippen LogP contribution in [0.3, 0.4) is 0 Å². The smallest absolute Gasteiger partial charge is 0.232 e. The normalized spacial score (nSPS) is 11.0. The molecular weight excluding hydrogens is 466 g/mol. The van der Waals surface area contributed by atoms with Crippen LogP contribution in [0.1, 0.15) is 31.4 Å². The quantitative estimate of drug-likeness (QED) is 0.221. The van der Waals surface area contributed by atoms with Gasteiger partial charge < -0.3 is 30.7 Å². The van der Waals surface area contributed by atoms with Crippen molar-refractivity contribution in [1.29, 1.82) is 0 Å². The van der Waals surface area contributed by atoms with Crippen molar-refractivity contribution in [2.24, 2.45) is 11.7 Å². The molecule has 3 aromatic rings. The van der Waals surface area contributed by atoms with E-state index in [1.165, 1.54) is 11.1 Å². The molecule has 200 valence electrons. The van der Waals surface area contributed by atoms with E-state index < -0.39 is 0 Å². The van der Waals surface area contributed by atoms with Gasteiger partial charge in [0.05, 0.1) is 26.4 Å². The average Bonchev–Trinajstić information content (AvgIpc) is 2.91. The van der Waals surface area contributed by atoms with Gasteiger partial charge in [0.1, 0.15) is 0 Å². The van der Waals surface area contributed by atoms with Crippen molar-refractivity contribution in [2.75, 3.05) is 61.6 Å². The predicted molar refractivity (Wildman–Crippen MR) is 150 cm³/mol. The number of nitrogens with one attached hydrogen (secondary N) is 2. The molecule has 4 N–H and O–H groups in total. The molecule has 9 heteroatoms. The predicted octanol–water partition coefficient (Wildman–Crippen LogP) is 3.94. The number of nitrogens with zero attached hydrogens (tertiary/aromatic N) is 4. The van der Waals surface area contributed by atoms with Gasteiger partial charge in [-0.15, -0.1) is 0 Å². The van der Waals surface area contributed by atoms with Crippen LogP contribution in [-0.4, -0.2) is 61.0 Å². The topological polar surface area (TPSA) is 110 Å². The molecule has 9 nitrogen and oxygen atoms in total. The van der Waals surface area contributed by atoms with Crippen molar-refractivity contribution < 1.29 is 9.47 Å².